The van der Waals surface area contributed by atoms with Gasteiger partial charge in [-0.05, 0) is 4.57 Å². The number of ether oxygens (including phenoxy) is 1. The zero-order chi connectivity index (χ0) is 13.8. The number of hydrogen-bond acceptors (Lipinski definition) is 7. The first kappa shape index (κ1) is 13.8. The zero-order valence-electron chi connectivity index (χ0n) is 9.88. The fraction of sp³-hybridized carbons (Fsp3) is 0.444. The van der Waals surface area contributed by atoms with E-state index in [-0.39, 0.29) is 25.3 Å². The van der Waals surface area contributed by atoms with Crippen LogP contribution in [0, 0.1) is 0 Å². The molecule has 0 radical (unpaired) electrons. The molecule has 102 valence electrons. The molecular weight excluding hydrogens is 273 g/mol. The number of hydrogen-bond donors (Lipinski definition) is 3. The maximum absolute atomic E-state index is 10.6. The molecule has 4 N–H and O–H groups in total. The van der Waals surface area contributed by atoms with Crippen molar-refractivity contribution in [3.63, 3.8) is 0 Å². The summed E-state index contributed by atoms with van der Waals surface area (Å²) in [6.45, 7) is -0.0456. The molecule has 0 fully saturated rings. The Hall–Kier alpha value is -1.67. The van der Waals surface area contributed by atoms with Crippen LogP contribution in [0.1, 0.15) is 0 Å². The summed E-state index contributed by atoms with van der Waals surface area (Å²) in [5.41, 5.74) is 6.63. The molecule has 0 amide bonds. The molecule has 19 heavy (non-hydrogen) atoms. The number of aliphatic hydroxyl groups is 1. The molecule has 0 aliphatic heterocycles. The molecule has 2 heterocycles. The van der Waals surface area contributed by atoms with Gasteiger partial charge in [0.2, 0.25) is 0 Å². The minimum absolute atomic E-state index is 0.243. The van der Waals surface area contributed by atoms with Crippen LogP contribution in [0.25, 0.3) is 11.2 Å². The molecule has 0 aromatic carbocycles. The van der Waals surface area contributed by atoms with Gasteiger partial charge in [-0.15, -0.1) is 0 Å². The van der Waals surface area contributed by atoms with Crippen molar-refractivity contribution >= 4 is 25.0 Å². The van der Waals surface area contributed by atoms with Gasteiger partial charge in [0.15, 0.2) is 11.5 Å². The van der Waals surface area contributed by atoms with Crippen LogP contribution in [0.15, 0.2) is 12.7 Å². The number of rotatable bonds is 6. The van der Waals surface area contributed by atoms with Crippen LogP contribution in [0.3, 0.4) is 0 Å². The number of anilines is 1. The van der Waals surface area contributed by atoms with E-state index in [0.717, 1.165) is 0 Å². The first-order valence-corrected chi connectivity index (χ1v) is 6.79. The number of fused-ring (bicyclic) bond motifs is 1. The van der Waals surface area contributed by atoms with Crippen molar-refractivity contribution in [2.24, 2.45) is 0 Å². The van der Waals surface area contributed by atoms with Crippen LogP contribution >= 0.6 is 8.03 Å². The van der Waals surface area contributed by atoms with Gasteiger partial charge in [-0.2, -0.15) is 4.89 Å². The maximum Gasteiger partial charge on any atom is 0.534 e. The second kappa shape index (κ2) is 5.98. The van der Waals surface area contributed by atoms with Gasteiger partial charge >= 0.3 is 8.03 Å². The number of aromatic nitrogens is 4. The average Bonchev–Trinajstić information content (AvgIpc) is 2.79. The van der Waals surface area contributed by atoms with E-state index in [2.05, 4.69) is 15.0 Å². The quantitative estimate of drug-likeness (QED) is 0.603. The number of aliphatic hydroxyl groups excluding tert-OH is 1. The predicted octanol–water partition coefficient (Wildman–Crippen LogP) is -0.522. The lowest BCUT2D eigenvalue weighted by atomic mass is 10.3. The van der Waals surface area contributed by atoms with Crippen LogP contribution < -0.4 is 5.73 Å². The van der Waals surface area contributed by atoms with Crippen LogP contribution in [-0.4, -0.2) is 48.6 Å². The van der Waals surface area contributed by atoms with E-state index in [1.165, 1.54) is 12.7 Å². The Bertz CT molecular complexity index is 589. The van der Waals surface area contributed by atoms with E-state index in [0.29, 0.717) is 11.2 Å². The summed E-state index contributed by atoms with van der Waals surface area (Å²) < 4.78 is 17.3. The molecule has 2 atom stereocenters. The molecular formula is C9H13N5O4P+. The second-order valence-electron chi connectivity index (χ2n) is 3.78. The van der Waals surface area contributed by atoms with Crippen molar-refractivity contribution in [1.29, 1.82) is 0 Å². The normalized spacial score (nSPS) is 13.7. The molecule has 2 rings (SSSR count). The molecule has 0 bridgehead atoms. The SMILES string of the molecule is Nc1ncnc2c1ncn2C[C@@H](CO)OC[P+](=O)O. The second-order valence-corrected chi connectivity index (χ2v) is 4.74. The lowest BCUT2D eigenvalue weighted by Gasteiger charge is -2.12. The first-order valence-electron chi connectivity index (χ1n) is 5.39. The predicted molar refractivity (Wildman–Crippen MR) is 66.4 cm³/mol. The van der Waals surface area contributed by atoms with E-state index >= 15 is 0 Å². The van der Waals surface area contributed by atoms with E-state index in [4.69, 9.17) is 15.4 Å². The summed E-state index contributed by atoms with van der Waals surface area (Å²) in [6.07, 6.45) is 1.86. The Balaban J connectivity index is 2.15. The average molecular weight is 286 g/mol. The van der Waals surface area contributed by atoms with Gasteiger partial charge in [0.1, 0.15) is 17.9 Å². The lowest BCUT2D eigenvalue weighted by molar-refractivity contribution is 0.0250. The van der Waals surface area contributed by atoms with Crippen molar-refractivity contribution in [2.45, 2.75) is 12.6 Å². The highest BCUT2D eigenvalue weighted by atomic mass is 31.1. The topological polar surface area (TPSA) is 136 Å². The molecule has 2 aromatic heterocycles. The first-order chi connectivity index (χ1) is 9.11. The Labute approximate surface area is 108 Å². The summed E-state index contributed by atoms with van der Waals surface area (Å²) >= 11 is 0. The van der Waals surface area contributed by atoms with Gasteiger partial charge in [0, 0.05) is 0 Å². The Morgan fingerprint density at radius 2 is 2.26 bits per heavy atom. The summed E-state index contributed by atoms with van der Waals surface area (Å²) in [7, 11) is -2.40. The Morgan fingerprint density at radius 1 is 1.47 bits per heavy atom. The van der Waals surface area contributed by atoms with Gasteiger partial charge in [-0.25, -0.2) is 15.0 Å². The zero-order valence-corrected chi connectivity index (χ0v) is 10.8. The minimum Gasteiger partial charge on any atom is -0.394 e. The number of imidazole rings is 1. The third-order valence-electron chi connectivity index (χ3n) is 2.45. The van der Waals surface area contributed by atoms with E-state index in [9.17, 15) is 9.67 Å². The molecule has 0 spiro atoms. The summed E-state index contributed by atoms with van der Waals surface area (Å²) in [5, 5.41) is 9.17. The van der Waals surface area contributed by atoms with E-state index < -0.39 is 14.1 Å². The highest BCUT2D eigenvalue weighted by molar-refractivity contribution is 7.37. The molecule has 9 nitrogen and oxygen atoms in total. The van der Waals surface area contributed by atoms with Crippen molar-refractivity contribution in [1.82, 2.24) is 19.5 Å². The van der Waals surface area contributed by atoms with Crippen LogP contribution in [-0.2, 0) is 15.8 Å². The van der Waals surface area contributed by atoms with Crippen molar-refractivity contribution in [3.8, 4) is 0 Å². The fourth-order valence-corrected chi connectivity index (χ4v) is 1.92. The Kier molecular flexibility index (Phi) is 4.33. The maximum atomic E-state index is 10.6. The van der Waals surface area contributed by atoms with Gasteiger partial charge < -0.3 is 20.1 Å². The molecule has 0 aliphatic carbocycles. The van der Waals surface area contributed by atoms with E-state index in [1.54, 1.807) is 4.57 Å². The molecule has 10 heteroatoms. The minimum atomic E-state index is -2.40. The molecule has 0 aliphatic rings. The van der Waals surface area contributed by atoms with Gasteiger partial charge in [0.05, 0.1) is 19.5 Å². The van der Waals surface area contributed by atoms with Crippen LogP contribution in [0.5, 0.6) is 0 Å². The van der Waals surface area contributed by atoms with Crippen molar-refractivity contribution in [2.75, 3.05) is 18.7 Å². The monoisotopic (exact) mass is 286 g/mol. The molecule has 1 unspecified atom stereocenters. The Morgan fingerprint density at radius 3 is 2.95 bits per heavy atom. The highest BCUT2D eigenvalue weighted by Gasteiger charge is 2.18. The summed E-state index contributed by atoms with van der Waals surface area (Å²) in [4.78, 5) is 20.6. The van der Waals surface area contributed by atoms with Gasteiger partial charge in [0.25, 0.3) is 6.35 Å². The van der Waals surface area contributed by atoms with Crippen LogP contribution in [0.2, 0.25) is 0 Å². The van der Waals surface area contributed by atoms with Crippen molar-refractivity contribution in [3.05, 3.63) is 12.7 Å². The molecule has 0 saturated carbocycles. The molecule has 0 saturated heterocycles. The van der Waals surface area contributed by atoms with Crippen LogP contribution in [0.4, 0.5) is 5.82 Å². The number of nitrogens with two attached hydrogens (primary N) is 1. The third kappa shape index (κ3) is 3.21. The largest absolute Gasteiger partial charge is 0.534 e. The summed E-state index contributed by atoms with van der Waals surface area (Å²) in [6, 6.07) is 0. The molecule has 2 aromatic rings. The highest BCUT2D eigenvalue weighted by Crippen LogP contribution is 2.17. The third-order valence-corrected chi connectivity index (χ3v) is 2.82. The summed E-state index contributed by atoms with van der Waals surface area (Å²) in [5.74, 6) is 0.267. The smallest absolute Gasteiger partial charge is 0.394 e. The van der Waals surface area contributed by atoms with E-state index in [1.807, 2.05) is 0 Å². The fourth-order valence-electron chi connectivity index (χ4n) is 1.58. The number of nitrogens with zero attached hydrogens (tertiary/aromatic N) is 4. The van der Waals surface area contributed by atoms with Gasteiger partial charge in [-0.1, -0.05) is 0 Å². The standard InChI is InChI=1S/C9H12N5O4P/c10-8-7-9(12-3-11-8)14(4-13-7)1-6(2-15)18-5-19(16)17/h3-4,6,15H,1-2,5H2,(H2-,10,11,12,16,17)/p+1/t6-/m0/s1. The lowest BCUT2D eigenvalue weighted by Crippen LogP contribution is -2.23. The van der Waals surface area contributed by atoms with Crippen molar-refractivity contribution < 1.29 is 19.3 Å². The van der Waals surface area contributed by atoms with Gasteiger partial charge in [-0.3, -0.25) is 0 Å². The number of nitrogen functional groups attached to an aromatic ring is 1.